The molecule has 176 valence electrons. The molecule has 0 N–H and O–H groups in total. The highest BCUT2D eigenvalue weighted by molar-refractivity contribution is 6.03. The van der Waals surface area contributed by atoms with E-state index in [1.807, 2.05) is 4.90 Å². The minimum Gasteiger partial charge on any atom is -0.367 e. The molecule has 2 fully saturated rings. The van der Waals surface area contributed by atoms with E-state index < -0.39 is 28.7 Å². The Balaban J connectivity index is 0.000000142. The van der Waals surface area contributed by atoms with E-state index in [9.17, 15) is 31.9 Å². The van der Waals surface area contributed by atoms with E-state index in [0.29, 0.717) is 42.1 Å². The molecule has 1 aliphatic heterocycles. The fourth-order valence-corrected chi connectivity index (χ4v) is 4.34. The Morgan fingerprint density at radius 2 is 1.44 bits per heavy atom. The molecule has 0 amide bonds. The van der Waals surface area contributed by atoms with Crippen molar-refractivity contribution in [3.05, 3.63) is 75.1 Å². The maximum Gasteiger partial charge on any atom is 0.199 e. The molecule has 0 unspecified atom stereocenters. The van der Waals surface area contributed by atoms with Crippen LogP contribution in [0.2, 0.25) is 0 Å². The molecule has 6 rings (SSSR count). The number of aromatic nitrogens is 1. The lowest BCUT2D eigenvalue weighted by atomic mass is 10.00. The fourth-order valence-electron chi connectivity index (χ4n) is 4.34. The number of carbonyl (C=O) groups is 2. The van der Waals surface area contributed by atoms with E-state index in [1.165, 1.54) is 6.20 Å². The van der Waals surface area contributed by atoms with Gasteiger partial charge >= 0.3 is 0 Å². The smallest absolute Gasteiger partial charge is 0.199 e. The highest BCUT2D eigenvalue weighted by Gasteiger charge is 2.35. The van der Waals surface area contributed by atoms with Crippen molar-refractivity contribution in [3.63, 3.8) is 0 Å². The van der Waals surface area contributed by atoms with Gasteiger partial charge in [-0.15, -0.1) is 0 Å². The Hall–Kier alpha value is -3.49. The van der Waals surface area contributed by atoms with E-state index in [-0.39, 0.29) is 22.8 Å². The second-order valence-corrected chi connectivity index (χ2v) is 8.83. The number of fused-ring (bicyclic) bond motifs is 2. The molecule has 0 saturated heterocycles. The lowest BCUT2D eigenvalue weighted by Crippen LogP contribution is -2.34. The van der Waals surface area contributed by atoms with Gasteiger partial charge in [-0.2, -0.15) is 0 Å². The first-order chi connectivity index (χ1) is 16.3. The van der Waals surface area contributed by atoms with Crippen LogP contribution in [0.15, 0.2) is 35.3 Å². The molecular weight excluding hydrogens is 452 g/mol. The van der Waals surface area contributed by atoms with E-state index in [4.69, 9.17) is 0 Å². The summed E-state index contributed by atoms with van der Waals surface area (Å²) in [5.41, 5.74) is 0.651. The topological polar surface area (TPSA) is 59.4 Å². The van der Waals surface area contributed by atoms with Gasteiger partial charge in [-0.3, -0.25) is 14.4 Å². The van der Waals surface area contributed by atoms with Crippen LogP contribution in [0.5, 0.6) is 0 Å². The Morgan fingerprint density at radius 1 is 0.824 bits per heavy atom. The van der Waals surface area contributed by atoms with Gasteiger partial charge in [0, 0.05) is 54.3 Å². The minimum absolute atomic E-state index is 0.0274. The van der Waals surface area contributed by atoms with Crippen LogP contribution < -0.4 is 10.3 Å². The number of anilines is 1. The van der Waals surface area contributed by atoms with Gasteiger partial charge in [0.15, 0.2) is 40.8 Å². The molecule has 2 aromatic carbocycles. The number of hydrogen-bond acceptors (Lipinski definition) is 4. The number of ketones is 1. The second kappa shape index (κ2) is 8.38. The fraction of sp³-hybridized carbons (Fsp3) is 0.320. The molecule has 2 heterocycles. The van der Waals surface area contributed by atoms with Crippen molar-refractivity contribution < 1.29 is 27.2 Å². The maximum absolute atomic E-state index is 13.3. The van der Waals surface area contributed by atoms with Gasteiger partial charge in [0.25, 0.3) is 0 Å². The van der Waals surface area contributed by atoms with Gasteiger partial charge in [0.05, 0.1) is 16.8 Å². The molecule has 1 aromatic heterocycles. The lowest BCUT2D eigenvalue weighted by molar-refractivity contribution is 0.0978. The third-order valence-electron chi connectivity index (χ3n) is 6.38. The molecule has 0 bridgehead atoms. The third-order valence-corrected chi connectivity index (χ3v) is 6.38. The number of rotatable bonds is 3. The maximum atomic E-state index is 13.3. The zero-order valence-electron chi connectivity index (χ0n) is 18.0. The Morgan fingerprint density at radius 3 is 2.09 bits per heavy atom. The summed E-state index contributed by atoms with van der Waals surface area (Å²) < 4.78 is 54.4. The van der Waals surface area contributed by atoms with Gasteiger partial charge in [-0.25, -0.2) is 17.6 Å². The van der Waals surface area contributed by atoms with E-state index in [2.05, 4.69) is 0 Å². The molecule has 3 aliphatic rings. The molecule has 0 atom stereocenters. The number of Topliss-reactive ketones (excluding diaryl/α,β-unsaturated/α-hetero) is 1. The number of aldehydes is 1. The molecule has 34 heavy (non-hydrogen) atoms. The average molecular weight is 472 g/mol. The summed E-state index contributed by atoms with van der Waals surface area (Å²) in [7, 11) is 0. The van der Waals surface area contributed by atoms with Crippen molar-refractivity contribution in [1.29, 1.82) is 0 Å². The second-order valence-electron chi connectivity index (χ2n) is 8.83. The highest BCUT2D eigenvalue weighted by atomic mass is 19.2. The first kappa shape index (κ1) is 22.3. The molecule has 2 aliphatic carbocycles. The molecule has 0 spiro atoms. The van der Waals surface area contributed by atoms with Crippen LogP contribution in [0.25, 0.3) is 10.9 Å². The predicted octanol–water partition coefficient (Wildman–Crippen LogP) is 4.95. The van der Waals surface area contributed by atoms with Gasteiger partial charge in [0.2, 0.25) is 0 Å². The van der Waals surface area contributed by atoms with Gasteiger partial charge in [0.1, 0.15) is 0 Å². The van der Waals surface area contributed by atoms with Gasteiger partial charge in [-0.1, -0.05) is 0 Å². The Bertz CT molecular complexity index is 1390. The average Bonchev–Trinajstić information content (AvgIpc) is 3.71. The van der Waals surface area contributed by atoms with Gasteiger partial charge in [-0.05, 0) is 37.8 Å². The molecule has 2 saturated carbocycles. The number of halogens is 4. The minimum atomic E-state index is -1.08. The Labute approximate surface area is 191 Å². The summed E-state index contributed by atoms with van der Waals surface area (Å²) in [5.74, 6) is -3.98. The molecular formula is C25H20F4N2O3. The number of nitrogens with zero attached hydrogens (tertiary/aromatic N) is 2. The molecule has 5 nitrogen and oxygen atoms in total. The monoisotopic (exact) mass is 472 g/mol. The van der Waals surface area contributed by atoms with Crippen molar-refractivity contribution >= 4 is 28.7 Å². The normalized spacial score (nSPS) is 17.3. The zero-order chi connectivity index (χ0) is 24.1. The van der Waals surface area contributed by atoms with E-state index in [0.717, 1.165) is 49.9 Å². The van der Waals surface area contributed by atoms with Crippen molar-refractivity contribution in [2.75, 3.05) is 11.4 Å². The summed E-state index contributed by atoms with van der Waals surface area (Å²) in [4.78, 5) is 36.4. The molecule has 0 radical (unpaired) electrons. The lowest BCUT2D eigenvalue weighted by Gasteiger charge is -2.30. The molecule has 9 heteroatoms. The van der Waals surface area contributed by atoms with Crippen LogP contribution in [0.3, 0.4) is 0 Å². The predicted molar refractivity (Wildman–Crippen MR) is 117 cm³/mol. The quantitative estimate of drug-likeness (QED) is 0.400. The standard InChI is InChI=1S/C13H9F2NO2.C12H11F2NO/c14-10-3-9-12(4-11(10)15)16(8-1-2-8)5-7(6-17)13(9)18;13-9-5-8-11(6-10(9)14)15(7-1-2-7)4-3-12(8)16/h3-6,8H,1-2H2;5-7H,1-4H2. The Kier molecular flexibility index (Phi) is 5.50. The van der Waals surface area contributed by atoms with Crippen LogP contribution in [-0.4, -0.2) is 29.2 Å². The van der Waals surface area contributed by atoms with Crippen molar-refractivity contribution in [1.82, 2.24) is 4.57 Å². The van der Waals surface area contributed by atoms with E-state index >= 15 is 0 Å². The zero-order valence-corrected chi connectivity index (χ0v) is 18.0. The van der Waals surface area contributed by atoms with Crippen LogP contribution in [0.1, 0.15) is 58.9 Å². The number of benzene rings is 2. The first-order valence-electron chi connectivity index (χ1n) is 11.1. The van der Waals surface area contributed by atoms with Crippen molar-refractivity contribution in [2.24, 2.45) is 0 Å². The largest absolute Gasteiger partial charge is 0.367 e. The van der Waals surface area contributed by atoms with Crippen LogP contribution in [0.4, 0.5) is 23.2 Å². The number of carbonyl (C=O) groups excluding carboxylic acids is 2. The first-order valence-corrected chi connectivity index (χ1v) is 11.1. The number of pyridine rings is 1. The summed E-state index contributed by atoms with van der Waals surface area (Å²) >= 11 is 0. The van der Waals surface area contributed by atoms with Crippen molar-refractivity contribution in [3.8, 4) is 0 Å². The summed E-state index contributed by atoms with van der Waals surface area (Å²) in [6.07, 6.45) is 6.24. The summed E-state index contributed by atoms with van der Waals surface area (Å²) in [6, 6.07) is 4.63. The SMILES string of the molecule is O=C1CCN(C2CC2)c2cc(F)c(F)cc21.O=Cc1cn(C2CC2)c2cc(F)c(F)cc2c1=O. The van der Waals surface area contributed by atoms with Crippen LogP contribution in [-0.2, 0) is 0 Å². The summed E-state index contributed by atoms with van der Waals surface area (Å²) in [5, 5.41) is 0.0467. The van der Waals surface area contributed by atoms with E-state index in [1.54, 1.807) is 4.57 Å². The summed E-state index contributed by atoms with van der Waals surface area (Å²) in [6.45, 7) is 0.627. The highest BCUT2D eigenvalue weighted by Crippen LogP contribution is 2.38. The van der Waals surface area contributed by atoms with Crippen molar-refractivity contribution in [2.45, 2.75) is 44.2 Å². The van der Waals surface area contributed by atoms with Gasteiger partial charge < -0.3 is 9.47 Å². The van der Waals surface area contributed by atoms with Crippen LogP contribution in [0, 0.1) is 23.3 Å². The molecule has 3 aromatic rings. The third kappa shape index (κ3) is 3.99. The number of hydrogen-bond donors (Lipinski definition) is 0. The van der Waals surface area contributed by atoms with Crippen LogP contribution >= 0.6 is 0 Å².